The molecule has 2 aromatic rings. The van der Waals surface area contributed by atoms with Gasteiger partial charge >= 0.3 is 12.1 Å². The van der Waals surface area contributed by atoms with E-state index in [9.17, 15) is 22.8 Å². The van der Waals surface area contributed by atoms with Gasteiger partial charge in [-0.05, 0) is 29.7 Å². The molecule has 0 saturated carbocycles. The molecule has 8 heteroatoms. The van der Waals surface area contributed by atoms with Crippen molar-refractivity contribution in [3.63, 3.8) is 0 Å². The number of hydrogen-bond acceptors (Lipinski definition) is 5. The standard InChI is InChI=1S/C13H9F3O3S2/c1-19-11(17)6-20-12(18)10-5-7-4-8(13(14,15)16)2-3-9(7)21-10/h2-5H,6H2,1H3. The average molecular weight is 334 g/mol. The Morgan fingerprint density at radius 2 is 2.00 bits per heavy atom. The van der Waals surface area contributed by atoms with Crippen LogP contribution in [0.15, 0.2) is 24.3 Å². The number of carbonyl (C=O) groups is 2. The summed E-state index contributed by atoms with van der Waals surface area (Å²) in [6.07, 6.45) is -4.42. The number of benzene rings is 1. The molecule has 0 saturated heterocycles. The molecule has 0 atom stereocenters. The summed E-state index contributed by atoms with van der Waals surface area (Å²) < 4.78 is 42.8. The lowest BCUT2D eigenvalue weighted by atomic mass is 10.1. The Labute approximate surface area is 126 Å². The Morgan fingerprint density at radius 3 is 2.62 bits per heavy atom. The number of rotatable bonds is 3. The van der Waals surface area contributed by atoms with Gasteiger partial charge in [-0.25, -0.2) is 0 Å². The molecular weight excluding hydrogens is 325 g/mol. The normalized spacial score (nSPS) is 11.6. The van der Waals surface area contributed by atoms with E-state index in [1.807, 2.05) is 0 Å². The lowest BCUT2D eigenvalue weighted by Crippen LogP contribution is -2.05. The van der Waals surface area contributed by atoms with Gasteiger partial charge in [-0.15, -0.1) is 11.3 Å². The van der Waals surface area contributed by atoms with Gasteiger partial charge in [-0.1, -0.05) is 11.8 Å². The third-order valence-corrected chi connectivity index (χ3v) is 4.70. The molecule has 0 radical (unpaired) electrons. The van der Waals surface area contributed by atoms with E-state index in [2.05, 4.69) is 4.74 Å². The van der Waals surface area contributed by atoms with E-state index in [1.165, 1.54) is 19.2 Å². The smallest absolute Gasteiger partial charge is 0.416 e. The fourth-order valence-corrected chi connectivity index (χ4v) is 3.32. The van der Waals surface area contributed by atoms with Gasteiger partial charge in [0.2, 0.25) is 5.12 Å². The van der Waals surface area contributed by atoms with Crippen molar-refractivity contribution in [3.8, 4) is 0 Å². The number of thioether (sulfide) groups is 1. The summed E-state index contributed by atoms with van der Waals surface area (Å²) in [6, 6.07) is 4.73. The van der Waals surface area contributed by atoms with Crippen LogP contribution in [0.2, 0.25) is 0 Å². The number of halogens is 3. The zero-order chi connectivity index (χ0) is 15.6. The van der Waals surface area contributed by atoms with Gasteiger partial charge in [0, 0.05) is 4.70 Å². The van der Waals surface area contributed by atoms with Crippen molar-refractivity contribution in [2.45, 2.75) is 6.18 Å². The molecule has 0 spiro atoms. The molecule has 0 aliphatic rings. The number of ether oxygens (including phenoxy) is 1. The quantitative estimate of drug-likeness (QED) is 0.797. The summed E-state index contributed by atoms with van der Waals surface area (Å²) in [5, 5.41) is -0.00741. The minimum atomic E-state index is -4.42. The van der Waals surface area contributed by atoms with Crippen LogP contribution in [-0.4, -0.2) is 23.9 Å². The summed E-state index contributed by atoms with van der Waals surface area (Å²) in [5.41, 5.74) is -0.756. The number of carbonyl (C=O) groups excluding carboxylic acids is 2. The first-order chi connectivity index (χ1) is 9.81. The van der Waals surface area contributed by atoms with Crippen LogP contribution >= 0.6 is 23.1 Å². The molecule has 0 N–H and O–H groups in total. The number of thiophene rings is 1. The topological polar surface area (TPSA) is 43.4 Å². The van der Waals surface area contributed by atoms with E-state index in [0.29, 0.717) is 15.0 Å². The lowest BCUT2D eigenvalue weighted by molar-refractivity contribution is -0.138. The van der Waals surface area contributed by atoms with Crippen LogP contribution < -0.4 is 0 Å². The van der Waals surface area contributed by atoms with Crippen LogP contribution in [0, 0.1) is 0 Å². The largest absolute Gasteiger partial charge is 0.468 e. The third-order valence-electron chi connectivity index (χ3n) is 2.59. The van der Waals surface area contributed by atoms with Gasteiger partial charge < -0.3 is 4.74 Å². The average Bonchev–Trinajstić information content (AvgIpc) is 2.86. The number of fused-ring (bicyclic) bond motifs is 1. The Hall–Kier alpha value is -1.54. The predicted octanol–water partition coefficient (Wildman–Crippen LogP) is 3.97. The van der Waals surface area contributed by atoms with Crippen molar-refractivity contribution < 1.29 is 27.5 Å². The van der Waals surface area contributed by atoms with Crippen LogP contribution in [0.3, 0.4) is 0 Å². The third kappa shape index (κ3) is 3.76. The highest BCUT2D eigenvalue weighted by atomic mass is 32.2. The van der Waals surface area contributed by atoms with Crippen LogP contribution in [0.4, 0.5) is 13.2 Å². The highest BCUT2D eigenvalue weighted by molar-refractivity contribution is 8.14. The van der Waals surface area contributed by atoms with Crippen LogP contribution in [0.1, 0.15) is 15.2 Å². The van der Waals surface area contributed by atoms with E-state index in [1.54, 1.807) is 0 Å². The van der Waals surface area contributed by atoms with E-state index < -0.39 is 17.7 Å². The van der Waals surface area contributed by atoms with Gasteiger partial charge in [0.15, 0.2) is 0 Å². The van der Waals surface area contributed by atoms with Crippen LogP contribution in [0.5, 0.6) is 0 Å². The monoisotopic (exact) mass is 334 g/mol. The Kier molecular flexibility index (Phi) is 4.58. The molecular formula is C13H9F3O3S2. The van der Waals surface area contributed by atoms with Crippen molar-refractivity contribution in [1.82, 2.24) is 0 Å². The highest BCUT2D eigenvalue weighted by Crippen LogP contribution is 2.35. The zero-order valence-electron chi connectivity index (χ0n) is 10.7. The van der Waals surface area contributed by atoms with Crippen molar-refractivity contribution in [1.29, 1.82) is 0 Å². The van der Waals surface area contributed by atoms with E-state index in [4.69, 9.17) is 0 Å². The SMILES string of the molecule is COC(=O)CSC(=O)c1cc2cc(C(F)(F)F)ccc2s1. The lowest BCUT2D eigenvalue weighted by Gasteiger charge is -2.05. The molecule has 0 bridgehead atoms. The Bertz CT molecular complexity index is 692. The Balaban J connectivity index is 2.22. The number of esters is 1. The molecule has 0 amide bonds. The van der Waals surface area contributed by atoms with Crippen molar-refractivity contribution in [2.75, 3.05) is 12.9 Å². The molecule has 1 heterocycles. The molecule has 112 valence electrons. The van der Waals surface area contributed by atoms with Gasteiger partial charge in [-0.3, -0.25) is 9.59 Å². The van der Waals surface area contributed by atoms with Crippen LogP contribution in [0.25, 0.3) is 10.1 Å². The van der Waals surface area contributed by atoms with Gasteiger partial charge in [0.05, 0.1) is 23.3 Å². The molecule has 21 heavy (non-hydrogen) atoms. The fourth-order valence-electron chi connectivity index (χ4n) is 1.57. The maximum absolute atomic E-state index is 12.6. The first kappa shape index (κ1) is 15.8. The summed E-state index contributed by atoms with van der Waals surface area (Å²) >= 11 is 1.86. The first-order valence-electron chi connectivity index (χ1n) is 5.66. The predicted molar refractivity (Wildman–Crippen MR) is 75.6 cm³/mol. The number of methoxy groups -OCH3 is 1. The molecule has 0 aliphatic heterocycles. The van der Waals surface area contributed by atoms with Gasteiger partial charge in [0.1, 0.15) is 0 Å². The van der Waals surface area contributed by atoms with Gasteiger partial charge in [0.25, 0.3) is 0 Å². The minimum Gasteiger partial charge on any atom is -0.468 e. The molecule has 1 aromatic heterocycles. The first-order valence-corrected chi connectivity index (χ1v) is 7.46. The molecule has 1 aromatic carbocycles. The van der Waals surface area contributed by atoms with Gasteiger partial charge in [-0.2, -0.15) is 13.2 Å². The summed E-state index contributed by atoms with van der Waals surface area (Å²) in [6.45, 7) is 0. The van der Waals surface area contributed by atoms with Crippen LogP contribution in [-0.2, 0) is 15.7 Å². The van der Waals surface area contributed by atoms with E-state index >= 15 is 0 Å². The van der Waals surface area contributed by atoms with E-state index in [-0.39, 0.29) is 10.9 Å². The maximum Gasteiger partial charge on any atom is 0.416 e. The molecule has 0 aliphatic carbocycles. The summed E-state index contributed by atoms with van der Waals surface area (Å²) in [7, 11) is 1.21. The molecule has 0 fully saturated rings. The minimum absolute atomic E-state index is 0.128. The second kappa shape index (κ2) is 6.07. The molecule has 3 nitrogen and oxygen atoms in total. The summed E-state index contributed by atoms with van der Waals surface area (Å²) in [4.78, 5) is 23.1. The molecule has 0 unspecified atom stereocenters. The van der Waals surface area contributed by atoms with Crippen molar-refractivity contribution in [3.05, 3.63) is 34.7 Å². The van der Waals surface area contributed by atoms with Crippen molar-refractivity contribution >= 4 is 44.3 Å². The number of hydrogen-bond donors (Lipinski definition) is 0. The number of alkyl halides is 3. The zero-order valence-corrected chi connectivity index (χ0v) is 12.3. The fraction of sp³-hybridized carbons (Fsp3) is 0.231. The second-order valence-corrected chi connectivity index (χ2v) is 6.05. The Morgan fingerprint density at radius 1 is 1.29 bits per heavy atom. The second-order valence-electron chi connectivity index (χ2n) is 4.01. The molecule has 2 rings (SSSR count). The maximum atomic E-state index is 12.6. The van der Waals surface area contributed by atoms with E-state index in [0.717, 1.165) is 35.2 Å². The van der Waals surface area contributed by atoms with Crippen molar-refractivity contribution in [2.24, 2.45) is 0 Å². The summed E-state index contributed by atoms with van der Waals surface area (Å²) in [5.74, 6) is -0.661. The highest BCUT2D eigenvalue weighted by Gasteiger charge is 2.30.